The van der Waals surface area contributed by atoms with Crippen LogP contribution in [0.25, 0.3) is 0 Å². The highest BCUT2D eigenvalue weighted by Gasteiger charge is 2.27. The molecule has 7 nitrogen and oxygen atoms in total. The molecule has 1 aromatic heterocycles. The molecule has 0 saturated carbocycles. The first-order valence-corrected chi connectivity index (χ1v) is 5.22. The van der Waals surface area contributed by atoms with Crippen LogP contribution in [-0.4, -0.2) is 34.7 Å². The van der Waals surface area contributed by atoms with Gasteiger partial charge in [0.1, 0.15) is 6.33 Å². The van der Waals surface area contributed by atoms with Crippen molar-refractivity contribution in [3.8, 4) is 5.88 Å². The lowest BCUT2D eigenvalue weighted by molar-refractivity contribution is -0.385. The molecule has 0 unspecified atom stereocenters. The Morgan fingerprint density at radius 3 is 2.68 bits per heavy atom. The molecule has 0 fully saturated rings. The molecular formula is C9H11F3N4O3. The van der Waals surface area contributed by atoms with Gasteiger partial charge in [-0.25, -0.2) is 4.98 Å². The van der Waals surface area contributed by atoms with Crippen molar-refractivity contribution < 1.29 is 22.8 Å². The van der Waals surface area contributed by atoms with E-state index in [4.69, 9.17) is 4.74 Å². The zero-order valence-corrected chi connectivity index (χ0v) is 9.90. The van der Waals surface area contributed by atoms with Crippen molar-refractivity contribution in [1.82, 2.24) is 9.97 Å². The molecule has 0 saturated heterocycles. The fourth-order valence-electron chi connectivity index (χ4n) is 1.26. The van der Waals surface area contributed by atoms with Crippen molar-refractivity contribution in [3.05, 3.63) is 16.4 Å². The fraction of sp³-hybridized carbons (Fsp3) is 0.556. The molecule has 0 aliphatic rings. The highest BCUT2D eigenvalue weighted by atomic mass is 19.4. The quantitative estimate of drug-likeness (QED) is 0.488. The zero-order valence-electron chi connectivity index (χ0n) is 9.90. The van der Waals surface area contributed by atoms with Gasteiger partial charge in [0, 0.05) is 13.5 Å². The molecule has 0 radical (unpaired) electrons. The molecule has 10 heteroatoms. The number of nitrogens with one attached hydrogen (secondary N) is 1. The number of halogens is 3. The molecule has 0 bridgehead atoms. The van der Waals surface area contributed by atoms with Gasteiger partial charge in [-0.2, -0.15) is 18.2 Å². The first-order chi connectivity index (χ1) is 8.85. The van der Waals surface area contributed by atoms with E-state index in [9.17, 15) is 23.3 Å². The van der Waals surface area contributed by atoms with E-state index in [1.807, 2.05) is 0 Å². The molecule has 106 valence electrons. The van der Waals surface area contributed by atoms with Crippen molar-refractivity contribution in [3.63, 3.8) is 0 Å². The van der Waals surface area contributed by atoms with Gasteiger partial charge in [0.05, 0.1) is 11.5 Å². The maximum Gasteiger partial charge on any atom is 0.389 e. The standard InChI is InChI=1S/C9H11F3N4O3/c1-13-7-6(16(17)18)8(15-5-14-7)19-4-2-3-9(10,11)12/h5H,2-4H2,1H3,(H,13,14,15). The van der Waals surface area contributed by atoms with Crippen molar-refractivity contribution in [1.29, 1.82) is 0 Å². The lowest BCUT2D eigenvalue weighted by Gasteiger charge is -2.08. The topological polar surface area (TPSA) is 90.2 Å². The van der Waals surface area contributed by atoms with Gasteiger partial charge in [0.25, 0.3) is 5.88 Å². The largest absolute Gasteiger partial charge is 0.473 e. The number of hydrogen-bond acceptors (Lipinski definition) is 6. The van der Waals surface area contributed by atoms with Crippen LogP contribution in [0.2, 0.25) is 0 Å². The van der Waals surface area contributed by atoms with Gasteiger partial charge in [-0.1, -0.05) is 0 Å². The Balaban J connectivity index is 2.70. The summed E-state index contributed by atoms with van der Waals surface area (Å²) in [5.41, 5.74) is -0.503. The SMILES string of the molecule is CNc1ncnc(OCCCC(F)(F)F)c1[N+](=O)[O-]. The van der Waals surface area contributed by atoms with Crippen LogP contribution in [0.15, 0.2) is 6.33 Å². The van der Waals surface area contributed by atoms with E-state index < -0.39 is 23.2 Å². The Bertz CT molecular complexity index is 453. The molecule has 0 aromatic carbocycles. The second-order valence-corrected chi connectivity index (χ2v) is 3.45. The minimum Gasteiger partial charge on any atom is -0.473 e. The average Bonchev–Trinajstić information content (AvgIpc) is 2.32. The minimum absolute atomic E-state index is 0.0641. The van der Waals surface area contributed by atoms with Crippen molar-refractivity contribution in [2.24, 2.45) is 0 Å². The van der Waals surface area contributed by atoms with E-state index in [-0.39, 0.29) is 24.7 Å². The van der Waals surface area contributed by atoms with Crippen molar-refractivity contribution in [2.75, 3.05) is 19.0 Å². The van der Waals surface area contributed by atoms with E-state index in [1.54, 1.807) is 0 Å². The van der Waals surface area contributed by atoms with E-state index in [0.717, 1.165) is 6.33 Å². The number of aromatic nitrogens is 2. The monoisotopic (exact) mass is 280 g/mol. The van der Waals surface area contributed by atoms with Gasteiger partial charge in [-0.05, 0) is 6.42 Å². The van der Waals surface area contributed by atoms with Gasteiger partial charge >= 0.3 is 11.9 Å². The molecule has 1 rings (SSSR count). The Labute approximate surface area is 106 Å². The summed E-state index contributed by atoms with van der Waals surface area (Å²) in [5.74, 6) is -0.419. The molecule has 0 aliphatic carbocycles. The smallest absolute Gasteiger partial charge is 0.389 e. The third kappa shape index (κ3) is 4.56. The summed E-state index contributed by atoms with van der Waals surface area (Å²) in [6.07, 6.45) is -4.58. The van der Waals surface area contributed by atoms with Crippen LogP contribution in [0.1, 0.15) is 12.8 Å². The molecule has 0 aliphatic heterocycles. The summed E-state index contributed by atoms with van der Waals surface area (Å²) in [5, 5.41) is 13.3. The van der Waals surface area contributed by atoms with Crippen LogP contribution in [0.4, 0.5) is 24.7 Å². The van der Waals surface area contributed by atoms with E-state index in [1.165, 1.54) is 7.05 Å². The molecule has 0 spiro atoms. The van der Waals surface area contributed by atoms with Crippen molar-refractivity contribution in [2.45, 2.75) is 19.0 Å². The second-order valence-electron chi connectivity index (χ2n) is 3.45. The second kappa shape index (κ2) is 6.16. The van der Waals surface area contributed by atoms with E-state index in [0.29, 0.717) is 0 Å². The highest BCUT2D eigenvalue weighted by Crippen LogP contribution is 2.30. The van der Waals surface area contributed by atoms with Crippen LogP contribution < -0.4 is 10.1 Å². The number of nitro groups is 1. The van der Waals surface area contributed by atoms with Gasteiger partial charge in [0.15, 0.2) is 0 Å². The number of ether oxygens (including phenoxy) is 1. The van der Waals surface area contributed by atoms with Crippen LogP contribution in [0.5, 0.6) is 5.88 Å². The third-order valence-electron chi connectivity index (χ3n) is 2.05. The van der Waals surface area contributed by atoms with Crippen LogP contribution >= 0.6 is 0 Å². The van der Waals surface area contributed by atoms with Crippen LogP contribution in [-0.2, 0) is 0 Å². The Hall–Kier alpha value is -2.13. The average molecular weight is 280 g/mol. The molecule has 0 amide bonds. The molecule has 19 heavy (non-hydrogen) atoms. The summed E-state index contributed by atoms with van der Waals surface area (Å²) in [4.78, 5) is 17.2. The van der Waals surface area contributed by atoms with Crippen LogP contribution in [0, 0.1) is 10.1 Å². The number of anilines is 1. The van der Waals surface area contributed by atoms with Gasteiger partial charge < -0.3 is 10.1 Å². The minimum atomic E-state index is -4.28. The predicted octanol–water partition coefficient (Wildman–Crippen LogP) is 2.15. The first-order valence-electron chi connectivity index (χ1n) is 5.22. The Kier molecular flexibility index (Phi) is 4.84. The predicted molar refractivity (Wildman–Crippen MR) is 59.0 cm³/mol. The first kappa shape index (κ1) is 14.9. The molecule has 0 atom stereocenters. The number of rotatable bonds is 6. The maximum absolute atomic E-state index is 11.9. The van der Waals surface area contributed by atoms with Gasteiger partial charge in [-0.15, -0.1) is 0 Å². The molecular weight excluding hydrogens is 269 g/mol. The summed E-state index contributed by atoms with van der Waals surface area (Å²) < 4.78 is 40.6. The fourth-order valence-corrected chi connectivity index (χ4v) is 1.26. The summed E-state index contributed by atoms with van der Waals surface area (Å²) in [6.45, 7) is -0.319. The van der Waals surface area contributed by atoms with E-state index >= 15 is 0 Å². The van der Waals surface area contributed by atoms with Gasteiger partial charge in [-0.3, -0.25) is 10.1 Å². The number of alkyl halides is 3. The molecule has 1 aromatic rings. The lowest BCUT2D eigenvalue weighted by Crippen LogP contribution is -2.11. The summed E-state index contributed by atoms with van der Waals surface area (Å²) in [7, 11) is 1.42. The number of hydrogen-bond donors (Lipinski definition) is 1. The Morgan fingerprint density at radius 1 is 1.47 bits per heavy atom. The normalized spacial score (nSPS) is 11.2. The number of nitrogens with zero attached hydrogens (tertiary/aromatic N) is 3. The third-order valence-corrected chi connectivity index (χ3v) is 2.05. The van der Waals surface area contributed by atoms with Gasteiger partial charge in [0.2, 0.25) is 5.82 Å². The lowest BCUT2D eigenvalue weighted by atomic mass is 10.3. The van der Waals surface area contributed by atoms with Crippen molar-refractivity contribution >= 4 is 11.5 Å². The molecule has 1 N–H and O–H groups in total. The summed E-state index contributed by atoms with van der Waals surface area (Å²) in [6, 6.07) is 0. The Morgan fingerprint density at radius 2 is 2.16 bits per heavy atom. The van der Waals surface area contributed by atoms with Crippen LogP contribution in [0.3, 0.4) is 0 Å². The molecule has 1 heterocycles. The highest BCUT2D eigenvalue weighted by molar-refractivity contribution is 5.60. The maximum atomic E-state index is 11.9. The van der Waals surface area contributed by atoms with E-state index in [2.05, 4.69) is 15.3 Å². The summed E-state index contributed by atoms with van der Waals surface area (Å²) >= 11 is 0. The zero-order chi connectivity index (χ0) is 14.5.